The quantitative estimate of drug-likeness (QED) is 0.423. The number of hydrogen-bond donors (Lipinski definition) is 3. The number of amides is 2. The summed E-state index contributed by atoms with van der Waals surface area (Å²) in [4.78, 5) is 29.9. The number of nitrogens with two attached hydrogens (primary N) is 1. The maximum Gasteiger partial charge on any atom is 0.270 e. The lowest BCUT2D eigenvalue weighted by Crippen LogP contribution is -2.16. The van der Waals surface area contributed by atoms with E-state index in [1.807, 2.05) is 25.1 Å². The van der Waals surface area contributed by atoms with Crippen LogP contribution in [0.2, 0.25) is 0 Å². The number of nitrogens with zero attached hydrogens (tertiary/aromatic N) is 1. The van der Waals surface area contributed by atoms with Crippen LogP contribution in [0.4, 0.5) is 20.2 Å². The molecule has 0 aliphatic rings. The van der Waals surface area contributed by atoms with E-state index in [0.29, 0.717) is 15.7 Å². The van der Waals surface area contributed by atoms with Crippen LogP contribution in [-0.2, 0) is 0 Å². The Kier molecular flexibility index (Phi) is 4.99. The summed E-state index contributed by atoms with van der Waals surface area (Å²) in [5.41, 5.74) is 6.06. The summed E-state index contributed by atoms with van der Waals surface area (Å²) in [7, 11) is 0. The van der Waals surface area contributed by atoms with Crippen molar-refractivity contribution in [2.75, 3.05) is 10.6 Å². The molecule has 29 heavy (non-hydrogen) atoms. The van der Waals surface area contributed by atoms with Gasteiger partial charge < -0.3 is 16.4 Å². The number of carbonyl (C=O) groups excluding carboxylic acids is 2. The lowest BCUT2D eigenvalue weighted by Gasteiger charge is -2.04. The summed E-state index contributed by atoms with van der Waals surface area (Å²) in [5.74, 6) is -1.40. The fourth-order valence-electron chi connectivity index (χ4n) is 2.77. The van der Waals surface area contributed by atoms with Crippen LogP contribution < -0.4 is 16.4 Å². The summed E-state index contributed by atoms with van der Waals surface area (Å²) in [6.07, 6.45) is 0. The second-order valence-corrected chi connectivity index (χ2v) is 8.54. The van der Waals surface area contributed by atoms with Crippen molar-refractivity contribution >= 4 is 61.1 Å². The smallest absolute Gasteiger partial charge is 0.270 e. The van der Waals surface area contributed by atoms with Gasteiger partial charge in [-0.25, -0.2) is 9.37 Å². The van der Waals surface area contributed by atoms with Crippen LogP contribution in [-0.4, -0.2) is 16.8 Å². The number of rotatable bonds is 5. The highest BCUT2D eigenvalue weighted by atomic mass is 32.1. The second kappa shape index (κ2) is 7.61. The van der Waals surface area contributed by atoms with E-state index in [0.717, 1.165) is 27.0 Å². The number of halogens is 1. The highest BCUT2D eigenvalue weighted by Gasteiger charge is 2.19. The van der Waals surface area contributed by atoms with Crippen LogP contribution >= 0.6 is 22.7 Å². The van der Waals surface area contributed by atoms with Crippen molar-refractivity contribution in [3.05, 3.63) is 69.8 Å². The Morgan fingerprint density at radius 2 is 1.83 bits per heavy atom. The average Bonchev–Trinajstić information content (AvgIpc) is 3.27. The zero-order chi connectivity index (χ0) is 20.5. The van der Waals surface area contributed by atoms with Crippen LogP contribution in [0, 0.1) is 12.7 Å². The maximum absolute atomic E-state index is 13.5. The average molecular weight is 426 g/mol. The first-order chi connectivity index (χ1) is 13.9. The molecule has 0 unspecified atom stereocenters. The van der Waals surface area contributed by atoms with E-state index in [1.165, 1.54) is 23.5 Å². The van der Waals surface area contributed by atoms with Gasteiger partial charge in [0.2, 0.25) is 0 Å². The van der Waals surface area contributed by atoms with Gasteiger partial charge in [-0.3, -0.25) is 9.59 Å². The van der Waals surface area contributed by atoms with Crippen LogP contribution in [0.5, 0.6) is 0 Å². The first-order valence-corrected chi connectivity index (χ1v) is 10.2. The molecular formula is C20H15FN4O2S2. The van der Waals surface area contributed by atoms with Crippen molar-refractivity contribution in [2.24, 2.45) is 5.73 Å². The van der Waals surface area contributed by atoms with Gasteiger partial charge in [0.15, 0.2) is 10.8 Å². The fourth-order valence-corrected chi connectivity index (χ4v) is 4.41. The van der Waals surface area contributed by atoms with Crippen molar-refractivity contribution in [2.45, 2.75) is 6.92 Å². The number of primary amides is 1. The molecule has 2 aromatic heterocycles. The molecule has 4 rings (SSSR count). The van der Waals surface area contributed by atoms with Gasteiger partial charge in [0.1, 0.15) is 10.8 Å². The molecule has 0 saturated carbocycles. The van der Waals surface area contributed by atoms with Crippen LogP contribution in [0.3, 0.4) is 0 Å². The van der Waals surface area contributed by atoms with E-state index in [4.69, 9.17) is 5.73 Å². The Morgan fingerprint density at radius 1 is 1.03 bits per heavy atom. The molecule has 0 atom stereocenters. The van der Waals surface area contributed by atoms with Crippen molar-refractivity contribution < 1.29 is 14.0 Å². The minimum atomic E-state index is -0.743. The number of fused-ring (bicyclic) bond motifs is 1. The van der Waals surface area contributed by atoms with E-state index in [9.17, 15) is 14.0 Å². The van der Waals surface area contributed by atoms with Crippen molar-refractivity contribution in [1.82, 2.24) is 4.98 Å². The summed E-state index contributed by atoms with van der Waals surface area (Å²) >= 11 is 2.45. The Bertz CT molecular complexity index is 1250. The van der Waals surface area contributed by atoms with Gasteiger partial charge in [0.05, 0.1) is 4.88 Å². The Labute approximate surface area is 173 Å². The van der Waals surface area contributed by atoms with Crippen molar-refractivity contribution in [3.63, 3.8) is 0 Å². The first kappa shape index (κ1) is 19.0. The van der Waals surface area contributed by atoms with E-state index < -0.39 is 5.91 Å². The number of carbonyl (C=O) groups is 2. The molecule has 0 saturated heterocycles. The molecule has 2 aromatic carbocycles. The number of thiophene rings is 1. The number of nitrogens with one attached hydrogen (secondary N) is 2. The summed E-state index contributed by atoms with van der Waals surface area (Å²) in [6, 6.07) is 13.5. The molecule has 0 aliphatic carbocycles. The molecule has 6 nitrogen and oxygen atoms in total. The summed E-state index contributed by atoms with van der Waals surface area (Å²) < 4.78 is 13.5. The molecular weight excluding hydrogens is 411 g/mol. The second-order valence-electron chi connectivity index (χ2n) is 6.26. The molecule has 4 N–H and O–H groups in total. The van der Waals surface area contributed by atoms with Crippen LogP contribution in [0.15, 0.2) is 48.5 Å². The molecule has 0 aliphatic heterocycles. The number of aryl methyl sites for hydroxylation is 1. The predicted molar refractivity (Wildman–Crippen MR) is 115 cm³/mol. The van der Waals surface area contributed by atoms with E-state index >= 15 is 0 Å². The van der Waals surface area contributed by atoms with Gasteiger partial charge in [-0.05, 0) is 54.1 Å². The highest BCUT2D eigenvalue weighted by Crippen LogP contribution is 2.32. The van der Waals surface area contributed by atoms with E-state index in [-0.39, 0.29) is 22.4 Å². The first-order valence-electron chi connectivity index (χ1n) is 8.54. The van der Waals surface area contributed by atoms with Crippen LogP contribution in [0.25, 0.3) is 10.8 Å². The largest absolute Gasteiger partial charge is 0.364 e. The molecule has 4 aromatic rings. The Hall–Kier alpha value is -3.30. The third kappa shape index (κ3) is 4.10. The van der Waals surface area contributed by atoms with Crippen molar-refractivity contribution in [3.8, 4) is 0 Å². The third-order valence-electron chi connectivity index (χ3n) is 4.11. The van der Waals surface area contributed by atoms with Gasteiger partial charge in [0.25, 0.3) is 11.8 Å². The van der Waals surface area contributed by atoms with E-state index in [1.54, 1.807) is 18.2 Å². The minimum Gasteiger partial charge on any atom is -0.364 e. The maximum atomic E-state index is 13.5. The van der Waals surface area contributed by atoms with Gasteiger partial charge >= 0.3 is 0 Å². The highest BCUT2D eigenvalue weighted by molar-refractivity contribution is 7.20. The van der Waals surface area contributed by atoms with Crippen molar-refractivity contribution in [1.29, 1.82) is 0 Å². The van der Waals surface area contributed by atoms with Gasteiger partial charge in [-0.15, -0.1) is 11.3 Å². The number of anilines is 3. The third-order valence-corrected chi connectivity index (χ3v) is 5.99. The topological polar surface area (TPSA) is 97.1 Å². The lowest BCUT2D eigenvalue weighted by atomic mass is 10.1. The lowest BCUT2D eigenvalue weighted by molar-refractivity contribution is 0.0997. The SMILES string of the molecule is Cc1ccc(C(=O)Nc2sc(Nc3ccc4ccc(F)cc4c3)nc2C(N)=O)s1. The fraction of sp³-hybridized carbons (Fsp3) is 0.0500. The molecule has 2 amide bonds. The molecule has 9 heteroatoms. The molecule has 146 valence electrons. The predicted octanol–water partition coefficient (Wildman–Crippen LogP) is 4.90. The van der Waals surface area contributed by atoms with E-state index in [2.05, 4.69) is 15.6 Å². The number of aromatic nitrogens is 1. The molecule has 0 fully saturated rings. The van der Waals surface area contributed by atoms with Crippen LogP contribution in [0.1, 0.15) is 25.0 Å². The monoisotopic (exact) mass is 426 g/mol. The zero-order valence-corrected chi connectivity index (χ0v) is 16.8. The number of benzene rings is 2. The molecule has 0 bridgehead atoms. The van der Waals surface area contributed by atoms with Gasteiger partial charge in [0, 0.05) is 10.6 Å². The standard InChI is InChI=1S/C20H15FN4O2S2/c1-10-2-7-15(28-10)18(27)25-19-16(17(22)26)24-20(29-19)23-14-6-4-11-3-5-13(21)8-12(11)9-14/h2-9H,1H3,(H2,22,26)(H,23,24)(H,25,27). The Morgan fingerprint density at radius 3 is 2.55 bits per heavy atom. The number of hydrogen-bond acceptors (Lipinski definition) is 6. The zero-order valence-electron chi connectivity index (χ0n) is 15.2. The summed E-state index contributed by atoms with van der Waals surface area (Å²) in [5, 5.41) is 8.05. The molecule has 0 radical (unpaired) electrons. The summed E-state index contributed by atoms with van der Waals surface area (Å²) in [6.45, 7) is 1.90. The van der Waals surface area contributed by atoms with Gasteiger partial charge in [-0.2, -0.15) is 0 Å². The Balaban J connectivity index is 1.60. The number of thiazole rings is 1. The molecule has 2 heterocycles. The van der Waals surface area contributed by atoms with Gasteiger partial charge in [-0.1, -0.05) is 23.5 Å². The molecule has 0 spiro atoms. The normalized spacial score (nSPS) is 10.8. The minimum absolute atomic E-state index is 0.0223.